The van der Waals surface area contributed by atoms with E-state index >= 15 is 0 Å². The molecule has 6 nitrogen and oxygen atoms in total. The highest BCUT2D eigenvalue weighted by atomic mass is 32.2. The summed E-state index contributed by atoms with van der Waals surface area (Å²) in [5, 5.41) is 0.235. The van der Waals surface area contributed by atoms with Gasteiger partial charge in [-0.3, -0.25) is 4.79 Å². The van der Waals surface area contributed by atoms with Gasteiger partial charge in [0.1, 0.15) is 0 Å². The van der Waals surface area contributed by atoms with Gasteiger partial charge in [-0.05, 0) is 30.3 Å². The van der Waals surface area contributed by atoms with E-state index in [9.17, 15) is 26.4 Å². The number of hydrogen-bond donors (Lipinski definition) is 0. The fourth-order valence-corrected chi connectivity index (χ4v) is 7.47. The lowest BCUT2D eigenvalue weighted by Crippen LogP contribution is -2.48. The first-order valence-electron chi connectivity index (χ1n) is 10.6. The number of amides is 1. The fraction of sp³-hybridized carbons (Fsp3) is 0.409. The standard InChI is InChI=1S/C22H22F3N3O3S2/c1-14-13-28-20(29)12-17-19(6-5-18(32-14)21(17)28)33(30,31)27-9-7-26(8-10-27)16-4-2-3-15(11-16)22(23,24)25/h2-6,11,14H,7-10,12-13H2,1H3/t14-/m1/s1. The Morgan fingerprint density at radius 1 is 1.06 bits per heavy atom. The van der Waals surface area contributed by atoms with E-state index in [1.54, 1.807) is 39.8 Å². The van der Waals surface area contributed by atoms with Crippen LogP contribution >= 0.6 is 11.8 Å². The predicted octanol–water partition coefficient (Wildman–Crippen LogP) is 3.60. The fourth-order valence-electron chi connectivity index (χ4n) is 4.68. The van der Waals surface area contributed by atoms with Gasteiger partial charge in [-0.2, -0.15) is 17.5 Å². The highest BCUT2D eigenvalue weighted by molar-refractivity contribution is 8.00. The van der Waals surface area contributed by atoms with Gasteiger partial charge >= 0.3 is 6.18 Å². The van der Waals surface area contributed by atoms with Crippen molar-refractivity contribution in [3.63, 3.8) is 0 Å². The number of rotatable bonds is 3. The summed E-state index contributed by atoms with van der Waals surface area (Å²) in [6.45, 7) is 3.45. The number of alkyl halides is 3. The first-order valence-corrected chi connectivity index (χ1v) is 12.9. The number of piperazine rings is 1. The molecule has 0 spiro atoms. The molecule has 1 saturated heterocycles. The van der Waals surface area contributed by atoms with Crippen molar-refractivity contribution in [3.8, 4) is 0 Å². The van der Waals surface area contributed by atoms with Crippen molar-refractivity contribution >= 4 is 39.1 Å². The number of nitrogens with zero attached hydrogens (tertiary/aromatic N) is 3. The van der Waals surface area contributed by atoms with E-state index in [1.165, 1.54) is 10.4 Å². The second kappa shape index (κ2) is 7.92. The molecule has 3 heterocycles. The summed E-state index contributed by atoms with van der Waals surface area (Å²) in [5.74, 6) is -0.0876. The molecular weight excluding hydrogens is 475 g/mol. The topological polar surface area (TPSA) is 60.9 Å². The van der Waals surface area contributed by atoms with E-state index in [1.807, 2.05) is 6.92 Å². The summed E-state index contributed by atoms with van der Waals surface area (Å²) in [4.78, 5) is 17.1. The molecule has 1 atom stereocenters. The molecule has 11 heteroatoms. The minimum Gasteiger partial charge on any atom is -0.369 e. The zero-order valence-corrected chi connectivity index (χ0v) is 19.4. The van der Waals surface area contributed by atoms with Gasteiger partial charge in [0.05, 0.1) is 22.6 Å². The van der Waals surface area contributed by atoms with Crippen molar-refractivity contribution in [2.45, 2.75) is 34.6 Å². The minimum absolute atomic E-state index is 0.0647. The maximum atomic E-state index is 13.5. The van der Waals surface area contributed by atoms with Crippen LogP contribution in [0.4, 0.5) is 24.5 Å². The monoisotopic (exact) mass is 497 g/mol. The third-order valence-electron chi connectivity index (χ3n) is 6.26. The molecule has 3 aliphatic rings. The van der Waals surface area contributed by atoms with E-state index in [0.717, 1.165) is 17.0 Å². The normalized spacial score (nSPS) is 21.5. The van der Waals surface area contributed by atoms with Gasteiger partial charge < -0.3 is 9.80 Å². The number of benzene rings is 2. The number of carbonyl (C=O) groups excluding carboxylic acids is 1. The Morgan fingerprint density at radius 3 is 2.48 bits per heavy atom. The van der Waals surface area contributed by atoms with E-state index in [0.29, 0.717) is 23.5 Å². The SMILES string of the molecule is C[C@@H]1CN2C(=O)Cc3c(S(=O)(=O)N4CCN(c5cccc(C(F)(F)F)c5)CC4)ccc(c32)S1. The largest absolute Gasteiger partial charge is 0.416 e. The van der Waals surface area contributed by atoms with Crippen LogP contribution in [-0.2, 0) is 27.4 Å². The van der Waals surface area contributed by atoms with Crippen molar-refractivity contribution in [3.05, 3.63) is 47.5 Å². The number of halogens is 3. The Kier molecular flexibility index (Phi) is 5.41. The molecule has 176 valence electrons. The van der Waals surface area contributed by atoms with Gasteiger partial charge in [0.15, 0.2) is 0 Å². The summed E-state index contributed by atoms with van der Waals surface area (Å²) < 4.78 is 67.5. The van der Waals surface area contributed by atoms with Crippen LogP contribution in [0.1, 0.15) is 18.1 Å². The van der Waals surface area contributed by atoms with Crippen LogP contribution in [0.3, 0.4) is 0 Å². The molecule has 3 aliphatic heterocycles. The summed E-state index contributed by atoms with van der Waals surface area (Å²) in [5.41, 5.74) is 0.958. The molecule has 0 aromatic heterocycles. The van der Waals surface area contributed by atoms with E-state index in [-0.39, 0.29) is 48.7 Å². The Hall–Kier alpha value is -2.24. The second-order valence-electron chi connectivity index (χ2n) is 8.44. The molecule has 33 heavy (non-hydrogen) atoms. The van der Waals surface area contributed by atoms with Gasteiger partial charge in [-0.25, -0.2) is 8.42 Å². The molecule has 0 radical (unpaired) electrons. The third-order valence-corrected chi connectivity index (χ3v) is 9.38. The molecule has 0 bridgehead atoms. The average Bonchev–Trinajstić information content (AvgIpc) is 3.10. The number of sulfonamides is 1. The number of hydrogen-bond acceptors (Lipinski definition) is 5. The molecule has 0 saturated carbocycles. The Morgan fingerprint density at radius 2 is 1.79 bits per heavy atom. The van der Waals surface area contributed by atoms with Gasteiger partial charge in [-0.15, -0.1) is 11.8 Å². The first-order chi connectivity index (χ1) is 15.6. The molecule has 1 amide bonds. The summed E-state index contributed by atoms with van der Waals surface area (Å²) in [6.07, 6.45) is -4.37. The van der Waals surface area contributed by atoms with Crippen molar-refractivity contribution in [2.75, 3.05) is 42.5 Å². The van der Waals surface area contributed by atoms with Crippen LogP contribution in [0.2, 0.25) is 0 Å². The van der Waals surface area contributed by atoms with Crippen molar-refractivity contribution in [1.29, 1.82) is 0 Å². The zero-order chi connectivity index (χ0) is 23.5. The Balaban J connectivity index is 1.38. The molecule has 2 aromatic carbocycles. The van der Waals surface area contributed by atoms with E-state index in [2.05, 4.69) is 0 Å². The van der Waals surface area contributed by atoms with Crippen molar-refractivity contribution in [1.82, 2.24) is 4.31 Å². The molecule has 5 rings (SSSR count). The lowest BCUT2D eigenvalue weighted by Gasteiger charge is -2.36. The van der Waals surface area contributed by atoms with E-state index < -0.39 is 21.8 Å². The molecule has 0 N–H and O–H groups in total. The third kappa shape index (κ3) is 3.89. The summed E-state index contributed by atoms with van der Waals surface area (Å²) in [7, 11) is -3.85. The zero-order valence-electron chi connectivity index (χ0n) is 17.8. The molecule has 0 unspecified atom stereocenters. The lowest BCUT2D eigenvalue weighted by molar-refractivity contribution is -0.137. The van der Waals surface area contributed by atoms with Gasteiger partial charge in [0.25, 0.3) is 0 Å². The van der Waals surface area contributed by atoms with Gasteiger partial charge in [0, 0.05) is 54.1 Å². The molecule has 0 aliphatic carbocycles. The molecular formula is C22H22F3N3O3S2. The Labute approximate surface area is 194 Å². The molecule has 1 fully saturated rings. The van der Waals surface area contributed by atoms with Crippen molar-refractivity contribution < 1.29 is 26.4 Å². The quantitative estimate of drug-likeness (QED) is 0.649. The van der Waals surface area contributed by atoms with Crippen molar-refractivity contribution in [2.24, 2.45) is 0 Å². The number of thioether (sulfide) groups is 1. The predicted molar refractivity (Wildman–Crippen MR) is 120 cm³/mol. The van der Waals surface area contributed by atoms with Crippen LogP contribution < -0.4 is 9.80 Å². The minimum atomic E-state index is -4.43. The first kappa shape index (κ1) is 22.5. The summed E-state index contributed by atoms with van der Waals surface area (Å²) >= 11 is 1.64. The molecule has 2 aromatic rings. The summed E-state index contributed by atoms with van der Waals surface area (Å²) in [6, 6.07) is 8.43. The van der Waals surface area contributed by atoms with Crippen LogP contribution in [0, 0.1) is 0 Å². The average molecular weight is 498 g/mol. The van der Waals surface area contributed by atoms with E-state index in [4.69, 9.17) is 0 Å². The maximum absolute atomic E-state index is 13.5. The van der Waals surface area contributed by atoms with Gasteiger partial charge in [0.2, 0.25) is 15.9 Å². The highest BCUT2D eigenvalue weighted by Gasteiger charge is 2.40. The van der Waals surface area contributed by atoms with Crippen LogP contribution in [0.15, 0.2) is 46.2 Å². The maximum Gasteiger partial charge on any atom is 0.416 e. The lowest BCUT2D eigenvalue weighted by atomic mass is 10.1. The van der Waals surface area contributed by atoms with Crippen LogP contribution in [0.25, 0.3) is 0 Å². The van der Waals surface area contributed by atoms with Crippen LogP contribution in [0.5, 0.6) is 0 Å². The number of anilines is 2. The van der Waals surface area contributed by atoms with Gasteiger partial charge in [-0.1, -0.05) is 13.0 Å². The smallest absolute Gasteiger partial charge is 0.369 e. The number of carbonyl (C=O) groups is 1. The highest BCUT2D eigenvalue weighted by Crippen LogP contribution is 2.47. The second-order valence-corrected chi connectivity index (χ2v) is 11.8. The Bertz CT molecular complexity index is 1230. The van der Waals surface area contributed by atoms with Crippen LogP contribution in [-0.4, -0.2) is 56.6 Å².